The molecule has 3 rings (SSSR count). The van der Waals surface area contributed by atoms with Gasteiger partial charge in [0.1, 0.15) is 17.8 Å². The molecule has 120 valence electrons. The zero-order chi connectivity index (χ0) is 16.4. The van der Waals surface area contributed by atoms with Gasteiger partial charge < -0.3 is 8.83 Å². The third-order valence-corrected chi connectivity index (χ3v) is 3.94. The van der Waals surface area contributed by atoms with Crippen LogP contribution in [-0.4, -0.2) is 26.9 Å². The molecule has 0 amide bonds. The van der Waals surface area contributed by atoms with Gasteiger partial charge in [0.05, 0.1) is 11.4 Å². The van der Waals surface area contributed by atoms with Crippen molar-refractivity contribution in [2.45, 2.75) is 33.4 Å². The maximum absolute atomic E-state index is 5.74. The Morgan fingerprint density at radius 2 is 2.00 bits per heavy atom. The molecule has 0 fully saturated rings. The molecule has 0 spiro atoms. The molecule has 0 bridgehead atoms. The van der Waals surface area contributed by atoms with Crippen LogP contribution < -0.4 is 0 Å². The number of nitrogens with zero attached hydrogens (tertiary/aromatic N) is 4. The summed E-state index contributed by atoms with van der Waals surface area (Å²) in [5.41, 5.74) is 1.88. The van der Waals surface area contributed by atoms with Gasteiger partial charge in [-0.05, 0) is 46.0 Å². The molecule has 6 nitrogen and oxygen atoms in total. The first-order valence-electron chi connectivity index (χ1n) is 7.54. The van der Waals surface area contributed by atoms with Crippen LogP contribution in [0.15, 0.2) is 39.6 Å². The highest BCUT2D eigenvalue weighted by Crippen LogP contribution is 2.25. The molecule has 0 saturated heterocycles. The summed E-state index contributed by atoms with van der Waals surface area (Å²) >= 11 is 0. The summed E-state index contributed by atoms with van der Waals surface area (Å²) in [7, 11) is 2.04. The minimum atomic E-state index is 0.156. The van der Waals surface area contributed by atoms with E-state index in [0.29, 0.717) is 18.2 Å². The summed E-state index contributed by atoms with van der Waals surface area (Å²) in [6, 6.07) is 5.85. The van der Waals surface area contributed by atoms with Crippen molar-refractivity contribution in [2.24, 2.45) is 0 Å². The van der Waals surface area contributed by atoms with Crippen LogP contribution in [0.25, 0.3) is 11.7 Å². The number of hydrogen-bond donors (Lipinski definition) is 0. The molecule has 1 unspecified atom stereocenters. The van der Waals surface area contributed by atoms with Crippen LogP contribution in [0.2, 0.25) is 0 Å². The lowest BCUT2D eigenvalue weighted by Gasteiger charge is -2.23. The Labute approximate surface area is 135 Å². The molecular weight excluding hydrogens is 292 g/mol. The van der Waals surface area contributed by atoms with Crippen molar-refractivity contribution >= 4 is 0 Å². The molecule has 3 aromatic rings. The van der Waals surface area contributed by atoms with Gasteiger partial charge in [0.25, 0.3) is 5.89 Å². The number of furan rings is 1. The molecule has 3 heterocycles. The van der Waals surface area contributed by atoms with Gasteiger partial charge in [0.15, 0.2) is 5.76 Å². The van der Waals surface area contributed by atoms with Gasteiger partial charge in [0.2, 0.25) is 0 Å². The summed E-state index contributed by atoms with van der Waals surface area (Å²) < 4.78 is 11.3. The lowest BCUT2D eigenvalue weighted by Crippen LogP contribution is -2.23. The van der Waals surface area contributed by atoms with Gasteiger partial charge in [-0.25, -0.2) is 15.0 Å². The Balaban J connectivity index is 1.76. The van der Waals surface area contributed by atoms with Crippen LogP contribution in [0, 0.1) is 13.8 Å². The number of hydrogen-bond acceptors (Lipinski definition) is 6. The largest absolute Gasteiger partial charge is 0.456 e. The second kappa shape index (κ2) is 6.34. The van der Waals surface area contributed by atoms with E-state index in [1.165, 1.54) is 0 Å². The average molecular weight is 312 g/mol. The van der Waals surface area contributed by atoms with Crippen LogP contribution in [0.5, 0.6) is 0 Å². The van der Waals surface area contributed by atoms with Crippen molar-refractivity contribution in [1.82, 2.24) is 19.9 Å². The van der Waals surface area contributed by atoms with Crippen LogP contribution in [0.3, 0.4) is 0 Å². The molecule has 0 radical (unpaired) electrons. The van der Waals surface area contributed by atoms with Crippen molar-refractivity contribution < 1.29 is 8.83 Å². The third-order valence-electron chi connectivity index (χ3n) is 3.94. The Bertz CT molecular complexity index is 779. The fourth-order valence-electron chi connectivity index (χ4n) is 2.38. The molecule has 0 aliphatic heterocycles. The van der Waals surface area contributed by atoms with Gasteiger partial charge >= 0.3 is 0 Å². The smallest absolute Gasteiger partial charge is 0.263 e. The summed E-state index contributed by atoms with van der Waals surface area (Å²) in [4.78, 5) is 15.0. The van der Waals surface area contributed by atoms with E-state index < -0.39 is 0 Å². The van der Waals surface area contributed by atoms with Crippen LogP contribution >= 0.6 is 0 Å². The van der Waals surface area contributed by atoms with Crippen LogP contribution in [0.1, 0.15) is 35.9 Å². The molecule has 0 aliphatic rings. The zero-order valence-electron chi connectivity index (χ0n) is 13.8. The highest BCUT2D eigenvalue weighted by atomic mass is 16.4. The topological polar surface area (TPSA) is 68.2 Å². The highest BCUT2D eigenvalue weighted by Gasteiger charge is 2.19. The first-order valence-corrected chi connectivity index (χ1v) is 7.54. The molecule has 1 atom stereocenters. The fourth-order valence-corrected chi connectivity index (χ4v) is 2.38. The van der Waals surface area contributed by atoms with Gasteiger partial charge in [0, 0.05) is 18.8 Å². The predicted molar refractivity (Wildman–Crippen MR) is 85.6 cm³/mol. The highest BCUT2D eigenvalue weighted by molar-refractivity contribution is 5.45. The lowest BCUT2D eigenvalue weighted by atomic mass is 10.2. The molecule has 0 saturated carbocycles. The van der Waals surface area contributed by atoms with Crippen LogP contribution in [-0.2, 0) is 6.54 Å². The van der Waals surface area contributed by atoms with Crippen LogP contribution in [0.4, 0.5) is 0 Å². The number of aryl methyl sites for hydroxylation is 2. The van der Waals surface area contributed by atoms with E-state index in [1.54, 1.807) is 12.5 Å². The average Bonchev–Trinajstić information content (AvgIpc) is 3.14. The maximum Gasteiger partial charge on any atom is 0.263 e. The molecular formula is C17H20N4O2. The minimum absolute atomic E-state index is 0.156. The first-order chi connectivity index (χ1) is 11.0. The molecule has 3 aromatic heterocycles. The van der Waals surface area contributed by atoms with E-state index in [9.17, 15) is 0 Å². The molecule has 23 heavy (non-hydrogen) atoms. The second-order valence-electron chi connectivity index (χ2n) is 5.66. The molecule has 0 N–H and O–H groups in total. The monoisotopic (exact) mass is 312 g/mol. The second-order valence-corrected chi connectivity index (χ2v) is 5.66. The zero-order valence-corrected chi connectivity index (χ0v) is 13.8. The Kier molecular flexibility index (Phi) is 4.25. The number of rotatable bonds is 5. The SMILES string of the molecule is Cc1ccc(-c2nc(CN(C)C(C)c3ccncn3)c(C)o2)o1. The van der Waals surface area contributed by atoms with Gasteiger partial charge in [-0.1, -0.05) is 0 Å². The van der Waals surface area contributed by atoms with Crippen molar-refractivity contribution in [3.8, 4) is 11.7 Å². The fraction of sp³-hybridized carbons (Fsp3) is 0.353. The Morgan fingerprint density at radius 1 is 1.17 bits per heavy atom. The van der Waals surface area contributed by atoms with Crippen molar-refractivity contribution in [2.75, 3.05) is 7.05 Å². The van der Waals surface area contributed by atoms with Gasteiger partial charge in [-0.3, -0.25) is 4.90 Å². The van der Waals surface area contributed by atoms with Gasteiger partial charge in [-0.2, -0.15) is 0 Å². The lowest BCUT2D eigenvalue weighted by molar-refractivity contribution is 0.244. The van der Waals surface area contributed by atoms with E-state index in [2.05, 4.69) is 26.8 Å². The first kappa shape index (κ1) is 15.4. The summed E-state index contributed by atoms with van der Waals surface area (Å²) in [6.07, 6.45) is 3.32. The molecule has 0 aliphatic carbocycles. The quantitative estimate of drug-likeness (QED) is 0.718. The normalized spacial score (nSPS) is 12.7. The molecule has 0 aromatic carbocycles. The van der Waals surface area contributed by atoms with Crippen molar-refractivity contribution in [1.29, 1.82) is 0 Å². The van der Waals surface area contributed by atoms with Crippen molar-refractivity contribution in [3.63, 3.8) is 0 Å². The predicted octanol–water partition coefficient (Wildman–Crippen LogP) is 3.53. The van der Waals surface area contributed by atoms with E-state index >= 15 is 0 Å². The summed E-state index contributed by atoms with van der Waals surface area (Å²) in [6.45, 7) is 6.59. The number of aromatic nitrogens is 3. The van der Waals surface area contributed by atoms with E-state index in [1.807, 2.05) is 39.1 Å². The Hall–Kier alpha value is -2.47. The van der Waals surface area contributed by atoms with Crippen molar-refractivity contribution in [3.05, 3.63) is 53.6 Å². The third kappa shape index (κ3) is 3.32. The van der Waals surface area contributed by atoms with E-state index in [4.69, 9.17) is 8.83 Å². The van der Waals surface area contributed by atoms with Gasteiger partial charge in [-0.15, -0.1) is 0 Å². The standard InChI is InChI=1S/C17H20N4O2/c1-11-5-6-16(22-11)17-20-15(13(3)23-17)9-21(4)12(2)14-7-8-18-10-19-14/h5-8,10,12H,9H2,1-4H3. The Morgan fingerprint density at radius 3 is 2.65 bits per heavy atom. The van der Waals surface area contributed by atoms with E-state index in [-0.39, 0.29) is 6.04 Å². The minimum Gasteiger partial charge on any atom is -0.456 e. The van der Waals surface area contributed by atoms with E-state index in [0.717, 1.165) is 22.9 Å². The maximum atomic E-state index is 5.74. The summed E-state index contributed by atoms with van der Waals surface area (Å²) in [5, 5.41) is 0. The summed E-state index contributed by atoms with van der Waals surface area (Å²) in [5.74, 6) is 2.82. The molecule has 6 heteroatoms. The number of oxazole rings is 1.